The summed E-state index contributed by atoms with van der Waals surface area (Å²) in [7, 11) is 0. The fraction of sp³-hybridized carbons (Fsp3) is 0.690. The highest BCUT2D eigenvalue weighted by molar-refractivity contribution is 5.88. The minimum Gasteiger partial charge on any atom is -0.427 e. The Balaban J connectivity index is 1.44. The number of allylic oxidation sites excluding steroid dienone is 3. The number of epoxide rings is 1. The summed E-state index contributed by atoms with van der Waals surface area (Å²) in [4.78, 5) is 36.6. The zero-order chi connectivity index (χ0) is 26.5. The maximum absolute atomic E-state index is 12.8. The van der Waals surface area contributed by atoms with Crippen LogP contribution in [0.2, 0.25) is 0 Å². The molecule has 5 aliphatic rings. The highest BCUT2D eigenvalue weighted by atomic mass is 16.6. The van der Waals surface area contributed by atoms with Crippen molar-refractivity contribution in [2.75, 3.05) is 0 Å². The Kier molecular flexibility index (Phi) is 5.39. The van der Waals surface area contributed by atoms with E-state index in [-0.39, 0.29) is 47.3 Å². The van der Waals surface area contributed by atoms with E-state index in [1.807, 2.05) is 19.1 Å². The summed E-state index contributed by atoms with van der Waals surface area (Å²) in [6, 6.07) is 0. The molecule has 5 rings (SSSR count). The zero-order valence-corrected chi connectivity index (χ0v) is 22.3. The number of aliphatic hydroxyl groups is 1. The lowest BCUT2D eigenvalue weighted by Gasteiger charge is -2.55. The second-order valence-corrected chi connectivity index (χ2v) is 13.1. The predicted molar refractivity (Wildman–Crippen MR) is 131 cm³/mol. The van der Waals surface area contributed by atoms with Gasteiger partial charge in [0.25, 0.3) is 0 Å². The second kappa shape index (κ2) is 7.64. The summed E-state index contributed by atoms with van der Waals surface area (Å²) < 4.78 is 17.1. The van der Waals surface area contributed by atoms with E-state index in [0.29, 0.717) is 12.2 Å². The summed E-state index contributed by atoms with van der Waals surface area (Å²) in [5.41, 5.74) is -2.30. The van der Waals surface area contributed by atoms with Crippen LogP contribution in [-0.2, 0) is 28.6 Å². The minimum absolute atomic E-state index is 0.0603. The first-order valence-electron chi connectivity index (χ1n) is 13.0. The molecule has 4 aliphatic carbocycles. The van der Waals surface area contributed by atoms with Gasteiger partial charge in [0.1, 0.15) is 11.4 Å². The summed E-state index contributed by atoms with van der Waals surface area (Å²) in [6.45, 7) is 12.8. The number of hydrogen-bond acceptors (Lipinski definition) is 7. The number of ether oxygens (including phenoxy) is 3. The predicted octanol–water partition coefficient (Wildman–Crippen LogP) is 4.40. The van der Waals surface area contributed by atoms with Gasteiger partial charge < -0.3 is 19.3 Å². The van der Waals surface area contributed by atoms with Crippen molar-refractivity contribution < 1.29 is 33.7 Å². The third-order valence-corrected chi connectivity index (χ3v) is 10.0. The Hall–Kier alpha value is -2.25. The maximum atomic E-state index is 12.8. The summed E-state index contributed by atoms with van der Waals surface area (Å²) in [5, 5.41) is 12.1. The Morgan fingerprint density at radius 1 is 1.19 bits per heavy atom. The van der Waals surface area contributed by atoms with Crippen LogP contribution in [-0.4, -0.2) is 40.3 Å². The van der Waals surface area contributed by atoms with Gasteiger partial charge in [0, 0.05) is 17.8 Å². The molecular weight excluding hydrogens is 460 g/mol. The number of rotatable bonds is 3. The van der Waals surface area contributed by atoms with Crippen LogP contribution in [0.25, 0.3) is 0 Å². The van der Waals surface area contributed by atoms with Gasteiger partial charge in [0.2, 0.25) is 0 Å². The van der Waals surface area contributed by atoms with Crippen LogP contribution in [0.4, 0.5) is 0 Å². The average molecular weight is 499 g/mol. The summed E-state index contributed by atoms with van der Waals surface area (Å²) in [5.74, 6) is -0.884. The van der Waals surface area contributed by atoms with Crippen LogP contribution in [0.15, 0.2) is 35.6 Å². The van der Waals surface area contributed by atoms with E-state index in [2.05, 4.69) is 26.0 Å². The maximum Gasteiger partial charge on any atom is 0.318 e. The fourth-order valence-electron chi connectivity index (χ4n) is 7.94. The third-order valence-electron chi connectivity index (χ3n) is 10.0. The van der Waals surface area contributed by atoms with Crippen LogP contribution in [0.1, 0.15) is 74.1 Å². The molecule has 0 aromatic rings. The van der Waals surface area contributed by atoms with Gasteiger partial charge in [-0.15, -0.1) is 0 Å². The molecule has 1 saturated heterocycles. The van der Waals surface area contributed by atoms with Crippen LogP contribution >= 0.6 is 0 Å². The molecule has 0 aromatic carbocycles. The molecule has 1 heterocycles. The highest BCUT2D eigenvalue weighted by Gasteiger charge is 2.80. The molecule has 36 heavy (non-hydrogen) atoms. The van der Waals surface area contributed by atoms with Crippen LogP contribution in [0.5, 0.6) is 0 Å². The highest BCUT2D eigenvalue weighted by Crippen LogP contribution is 2.76. The molecule has 0 amide bonds. The Labute approximate surface area is 212 Å². The van der Waals surface area contributed by atoms with E-state index in [0.717, 1.165) is 18.4 Å². The standard InChI is InChI=1S/C29H38O7/c1-16-12-21-20-9-8-18-13-19(34-17(2)30)10-11-26(18,6)29(20)22(36-29)14-27(21,7)28(16,33)15-23(31)35-24(32)25(3,4)5/h8,10-11,13,16,20-22,33H,9,12,14-15H2,1-7H3/t16-,20+,21+,22+,26+,27+,28-,29-/m1/s1. The van der Waals surface area contributed by atoms with E-state index >= 15 is 0 Å². The topological polar surface area (TPSA) is 102 Å². The lowest BCUT2D eigenvalue weighted by atomic mass is 9.48. The van der Waals surface area contributed by atoms with Gasteiger partial charge in [0.15, 0.2) is 0 Å². The SMILES string of the molecule is CC(=O)OC1=CC2=CC[C@H]3[C@@H]4C[C@@H](C)[C@](O)(CC(=O)OC(=O)C(C)(C)C)[C@@]4(C)C[C@@H]4O[C@@]43[C@@]2(C)C=C1. The number of esters is 3. The van der Waals surface area contributed by atoms with Crippen LogP contribution in [0, 0.1) is 34.0 Å². The van der Waals surface area contributed by atoms with Crippen molar-refractivity contribution in [3.63, 3.8) is 0 Å². The molecule has 0 radical (unpaired) electrons. The number of hydrogen-bond donors (Lipinski definition) is 1. The number of carbonyl (C=O) groups excluding carboxylic acids is 3. The van der Waals surface area contributed by atoms with Crippen LogP contribution < -0.4 is 0 Å². The van der Waals surface area contributed by atoms with E-state index < -0.39 is 28.4 Å². The normalized spacial score (nSPS) is 44.2. The van der Waals surface area contributed by atoms with E-state index in [9.17, 15) is 19.5 Å². The van der Waals surface area contributed by atoms with Crippen molar-refractivity contribution >= 4 is 17.9 Å². The van der Waals surface area contributed by atoms with Crippen molar-refractivity contribution in [1.82, 2.24) is 0 Å². The van der Waals surface area contributed by atoms with Gasteiger partial charge in [0.05, 0.1) is 23.5 Å². The molecule has 0 unspecified atom stereocenters. The zero-order valence-electron chi connectivity index (χ0n) is 22.3. The molecule has 196 valence electrons. The van der Waals surface area contributed by atoms with Gasteiger partial charge in [-0.05, 0) is 82.4 Å². The molecule has 7 heteroatoms. The Morgan fingerprint density at radius 2 is 1.89 bits per heavy atom. The number of fused-ring (bicyclic) bond motifs is 3. The fourth-order valence-corrected chi connectivity index (χ4v) is 7.94. The van der Waals surface area contributed by atoms with E-state index in [4.69, 9.17) is 14.2 Å². The minimum atomic E-state index is -1.29. The first kappa shape index (κ1) is 25.4. The number of carbonyl (C=O) groups is 3. The molecule has 1 spiro atoms. The van der Waals surface area contributed by atoms with E-state index in [1.165, 1.54) is 6.92 Å². The van der Waals surface area contributed by atoms with Crippen molar-refractivity contribution in [1.29, 1.82) is 0 Å². The van der Waals surface area contributed by atoms with Gasteiger partial charge in [-0.3, -0.25) is 14.4 Å². The Morgan fingerprint density at radius 3 is 2.53 bits per heavy atom. The molecule has 2 saturated carbocycles. The quantitative estimate of drug-likeness (QED) is 0.350. The molecule has 3 fully saturated rings. The molecule has 1 aliphatic heterocycles. The molecule has 0 bridgehead atoms. The monoisotopic (exact) mass is 498 g/mol. The first-order chi connectivity index (χ1) is 16.6. The van der Waals surface area contributed by atoms with Gasteiger partial charge >= 0.3 is 17.9 Å². The summed E-state index contributed by atoms with van der Waals surface area (Å²) >= 11 is 0. The molecule has 7 nitrogen and oxygen atoms in total. The van der Waals surface area contributed by atoms with Crippen molar-refractivity contribution in [2.45, 2.75) is 91.5 Å². The lowest BCUT2D eigenvalue weighted by molar-refractivity contribution is -0.175. The largest absolute Gasteiger partial charge is 0.427 e. The smallest absolute Gasteiger partial charge is 0.318 e. The van der Waals surface area contributed by atoms with Gasteiger partial charge in [-0.25, -0.2) is 0 Å². The van der Waals surface area contributed by atoms with Gasteiger partial charge in [-0.2, -0.15) is 0 Å². The third kappa shape index (κ3) is 3.27. The lowest BCUT2D eigenvalue weighted by Crippen LogP contribution is -2.59. The van der Waals surface area contributed by atoms with Crippen LogP contribution in [0.3, 0.4) is 0 Å². The molecular formula is C29H38O7. The van der Waals surface area contributed by atoms with Crippen molar-refractivity contribution in [2.24, 2.45) is 34.0 Å². The summed E-state index contributed by atoms with van der Waals surface area (Å²) in [6.07, 6.45) is 10.0. The first-order valence-corrected chi connectivity index (χ1v) is 13.0. The molecule has 0 aromatic heterocycles. The average Bonchev–Trinajstić information content (AvgIpc) is 3.43. The van der Waals surface area contributed by atoms with Gasteiger partial charge in [-0.1, -0.05) is 26.0 Å². The van der Waals surface area contributed by atoms with Crippen molar-refractivity contribution in [3.8, 4) is 0 Å². The Bertz CT molecular complexity index is 1120. The molecule has 8 atom stereocenters. The second-order valence-electron chi connectivity index (χ2n) is 13.1. The molecule has 1 N–H and O–H groups in total. The van der Waals surface area contributed by atoms with Crippen molar-refractivity contribution in [3.05, 3.63) is 35.6 Å². The van der Waals surface area contributed by atoms with E-state index in [1.54, 1.807) is 20.8 Å².